The van der Waals surface area contributed by atoms with E-state index in [1.807, 2.05) is 6.92 Å². The molecule has 0 aliphatic carbocycles. The van der Waals surface area contributed by atoms with Crippen LogP contribution in [0.5, 0.6) is 0 Å². The van der Waals surface area contributed by atoms with Gasteiger partial charge in [-0.25, -0.2) is 9.67 Å². The molecule has 0 spiro atoms. The molecule has 0 atom stereocenters. The van der Waals surface area contributed by atoms with Gasteiger partial charge in [0.05, 0.1) is 5.60 Å². The standard InChI is InChI=1S/C10H16N4O2/c1-10(16)2-4-13(5-3-10)9(15)6-14-8-11-7-12-14/h7-8,16H,2-6H2,1H3. The van der Waals surface area contributed by atoms with Crippen molar-refractivity contribution in [1.29, 1.82) is 0 Å². The molecule has 6 heteroatoms. The van der Waals surface area contributed by atoms with Gasteiger partial charge in [0.2, 0.25) is 5.91 Å². The quantitative estimate of drug-likeness (QED) is 0.745. The molecule has 0 aromatic carbocycles. The number of nitrogens with zero attached hydrogens (tertiary/aromatic N) is 4. The van der Waals surface area contributed by atoms with E-state index in [2.05, 4.69) is 10.1 Å². The summed E-state index contributed by atoms with van der Waals surface area (Å²) in [6, 6.07) is 0. The third-order valence-corrected chi connectivity index (χ3v) is 2.96. The number of hydrogen-bond donors (Lipinski definition) is 1. The van der Waals surface area contributed by atoms with Crippen molar-refractivity contribution < 1.29 is 9.90 Å². The second-order valence-corrected chi connectivity index (χ2v) is 4.47. The predicted molar refractivity (Wildman–Crippen MR) is 56.5 cm³/mol. The van der Waals surface area contributed by atoms with E-state index in [0.29, 0.717) is 25.9 Å². The Balaban J connectivity index is 1.87. The molecule has 0 radical (unpaired) electrons. The van der Waals surface area contributed by atoms with Gasteiger partial charge in [0.15, 0.2) is 0 Å². The monoisotopic (exact) mass is 224 g/mol. The first-order chi connectivity index (χ1) is 7.57. The molecule has 2 heterocycles. The summed E-state index contributed by atoms with van der Waals surface area (Å²) in [6.07, 6.45) is 4.21. The average Bonchev–Trinajstić information content (AvgIpc) is 2.70. The Morgan fingerprint density at radius 3 is 2.75 bits per heavy atom. The van der Waals surface area contributed by atoms with Crippen LogP contribution in [0.3, 0.4) is 0 Å². The fourth-order valence-electron chi connectivity index (χ4n) is 1.79. The number of aromatic nitrogens is 3. The summed E-state index contributed by atoms with van der Waals surface area (Å²) >= 11 is 0. The summed E-state index contributed by atoms with van der Waals surface area (Å²) in [5.74, 6) is 0.0287. The topological polar surface area (TPSA) is 71.2 Å². The van der Waals surface area contributed by atoms with Crippen molar-refractivity contribution in [1.82, 2.24) is 19.7 Å². The van der Waals surface area contributed by atoms with Crippen LogP contribution >= 0.6 is 0 Å². The molecule has 0 saturated carbocycles. The maximum atomic E-state index is 11.8. The van der Waals surface area contributed by atoms with Crippen molar-refractivity contribution in [2.24, 2.45) is 0 Å². The molecule has 1 aromatic rings. The van der Waals surface area contributed by atoms with Crippen LogP contribution in [0.2, 0.25) is 0 Å². The lowest BCUT2D eigenvalue weighted by Gasteiger charge is -2.35. The highest BCUT2D eigenvalue weighted by Gasteiger charge is 2.29. The molecule has 0 bridgehead atoms. The van der Waals surface area contributed by atoms with Crippen molar-refractivity contribution in [2.75, 3.05) is 13.1 Å². The SMILES string of the molecule is CC1(O)CCN(C(=O)Cn2cncn2)CC1. The Morgan fingerprint density at radius 1 is 1.50 bits per heavy atom. The maximum absolute atomic E-state index is 11.8. The van der Waals surface area contributed by atoms with Gasteiger partial charge in [-0.15, -0.1) is 0 Å². The van der Waals surface area contributed by atoms with E-state index >= 15 is 0 Å². The minimum absolute atomic E-state index is 0.0287. The van der Waals surface area contributed by atoms with Crippen molar-refractivity contribution >= 4 is 5.91 Å². The molecule has 1 N–H and O–H groups in total. The Kier molecular flexibility index (Phi) is 2.91. The summed E-state index contributed by atoms with van der Waals surface area (Å²) in [4.78, 5) is 17.4. The first-order valence-corrected chi connectivity index (χ1v) is 5.39. The Bertz CT molecular complexity index is 351. The Hall–Kier alpha value is -1.43. The van der Waals surface area contributed by atoms with Crippen LogP contribution in [0.4, 0.5) is 0 Å². The molecule has 2 rings (SSSR count). The van der Waals surface area contributed by atoms with Gasteiger partial charge in [0.1, 0.15) is 19.2 Å². The van der Waals surface area contributed by atoms with Crippen molar-refractivity contribution in [2.45, 2.75) is 31.9 Å². The summed E-state index contributed by atoms with van der Waals surface area (Å²) in [6.45, 7) is 3.26. The van der Waals surface area contributed by atoms with Gasteiger partial charge < -0.3 is 10.0 Å². The summed E-state index contributed by atoms with van der Waals surface area (Å²) in [7, 11) is 0. The van der Waals surface area contributed by atoms with E-state index in [0.717, 1.165) is 0 Å². The van der Waals surface area contributed by atoms with Gasteiger partial charge in [0, 0.05) is 13.1 Å². The number of piperidine rings is 1. The zero-order valence-corrected chi connectivity index (χ0v) is 9.33. The number of hydrogen-bond acceptors (Lipinski definition) is 4. The fraction of sp³-hybridized carbons (Fsp3) is 0.700. The molecular formula is C10H16N4O2. The molecule has 1 fully saturated rings. The van der Waals surface area contributed by atoms with Gasteiger partial charge in [-0.2, -0.15) is 5.10 Å². The number of rotatable bonds is 2. The van der Waals surface area contributed by atoms with Crippen molar-refractivity contribution in [3.05, 3.63) is 12.7 Å². The lowest BCUT2D eigenvalue weighted by molar-refractivity contribution is -0.135. The molecule has 88 valence electrons. The summed E-state index contributed by atoms with van der Waals surface area (Å²) < 4.78 is 1.51. The van der Waals surface area contributed by atoms with Gasteiger partial charge >= 0.3 is 0 Å². The molecule has 6 nitrogen and oxygen atoms in total. The number of carbonyl (C=O) groups is 1. The Morgan fingerprint density at radius 2 is 2.19 bits per heavy atom. The van der Waals surface area contributed by atoms with Crippen LogP contribution in [0.25, 0.3) is 0 Å². The predicted octanol–water partition coefficient (Wildman–Crippen LogP) is -0.349. The number of likely N-dealkylation sites (tertiary alicyclic amines) is 1. The lowest BCUT2D eigenvalue weighted by Crippen LogP contribution is -2.46. The largest absolute Gasteiger partial charge is 0.390 e. The fourth-order valence-corrected chi connectivity index (χ4v) is 1.79. The van der Waals surface area contributed by atoms with Gasteiger partial charge in [0.25, 0.3) is 0 Å². The molecule has 1 aromatic heterocycles. The number of aliphatic hydroxyl groups is 1. The average molecular weight is 224 g/mol. The zero-order chi connectivity index (χ0) is 11.6. The van der Waals surface area contributed by atoms with Gasteiger partial charge in [-0.3, -0.25) is 4.79 Å². The second kappa shape index (κ2) is 4.21. The third-order valence-electron chi connectivity index (χ3n) is 2.96. The molecular weight excluding hydrogens is 208 g/mol. The van der Waals surface area contributed by atoms with E-state index in [9.17, 15) is 9.90 Å². The third kappa shape index (κ3) is 2.57. The second-order valence-electron chi connectivity index (χ2n) is 4.47. The highest BCUT2D eigenvalue weighted by Crippen LogP contribution is 2.21. The maximum Gasteiger partial charge on any atom is 0.244 e. The van der Waals surface area contributed by atoms with Crippen LogP contribution in [0.1, 0.15) is 19.8 Å². The summed E-state index contributed by atoms with van der Waals surface area (Å²) in [5, 5.41) is 13.7. The normalized spacial score (nSPS) is 19.8. The van der Waals surface area contributed by atoms with Crippen LogP contribution < -0.4 is 0 Å². The van der Waals surface area contributed by atoms with Crippen LogP contribution in [0, 0.1) is 0 Å². The van der Waals surface area contributed by atoms with Crippen LogP contribution in [-0.4, -0.2) is 49.4 Å². The first kappa shape index (κ1) is 11.1. The molecule has 1 aliphatic rings. The molecule has 16 heavy (non-hydrogen) atoms. The van der Waals surface area contributed by atoms with E-state index < -0.39 is 5.60 Å². The molecule has 1 amide bonds. The minimum atomic E-state index is -0.621. The van der Waals surface area contributed by atoms with Crippen LogP contribution in [0.15, 0.2) is 12.7 Å². The Labute approximate surface area is 93.9 Å². The zero-order valence-electron chi connectivity index (χ0n) is 9.33. The van der Waals surface area contributed by atoms with E-state index in [-0.39, 0.29) is 12.5 Å². The lowest BCUT2D eigenvalue weighted by atomic mass is 9.94. The molecule has 1 saturated heterocycles. The van der Waals surface area contributed by atoms with Gasteiger partial charge in [-0.1, -0.05) is 0 Å². The van der Waals surface area contributed by atoms with E-state index in [4.69, 9.17) is 0 Å². The smallest absolute Gasteiger partial charge is 0.244 e. The summed E-state index contributed by atoms with van der Waals surface area (Å²) in [5.41, 5.74) is -0.621. The highest BCUT2D eigenvalue weighted by molar-refractivity contribution is 5.75. The number of amides is 1. The van der Waals surface area contributed by atoms with Crippen molar-refractivity contribution in [3.8, 4) is 0 Å². The molecule has 1 aliphatic heterocycles. The van der Waals surface area contributed by atoms with Gasteiger partial charge in [-0.05, 0) is 19.8 Å². The van der Waals surface area contributed by atoms with Crippen molar-refractivity contribution in [3.63, 3.8) is 0 Å². The van der Waals surface area contributed by atoms with Crippen LogP contribution in [-0.2, 0) is 11.3 Å². The van der Waals surface area contributed by atoms with E-state index in [1.54, 1.807) is 4.90 Å². The molecule has 0 unspecified atom stereocenters. The van der Waals surface area contributed by atoms with E-state index in [1.165, 1.54) is 17.3 Å². The first-order valence-electron chi connectivity index (χ1n) is 5.39. The highest BCUT2D eigenvalue weighted by atomic mass is 16.3. The minimum Gasteiger partial charge on any atom is -0.390 e. The number of carbonyl (C=O) groups excluding carboxylic acids is 1.